The number of nitrogens with zero attached hydrogens (tertiary/aromatic N) is 1. The van der Waals surface area contributed by atoms with Crippen molar-refractivity contribution in [1.82, 2.24) is 4.90 Å². The van der Waals surface area contributed by atoms with E-state index in [4.69, 9.17) is 4.74 Å². The molecule has 1 heterocycles. The number of hydrogen-bond acceptors (Lipinski definition) is 2. The van der Waals surface area contributed by atoms with Crippen molar-refractivity contribution in [2.75, 3.05) is 6.54 Å². The van der Waals surface area contributed by atoms with E-state index < -0.39 is 0 Å². The maximum absolute atomic E-state index is 11.9. The Morgan fingerprint density at radius 2 is 1.93 bits per heavy atom. The third-order valence-electron chi connectivity index (χ3n) is 3.15. The van der Waals surface area contributed by atoms with E-state index in [9.17, 15) is 4.79 Å². The average molecular weight is 209 g/mol. The van der Waals surface area contributed by atoms with Gasteiger partial charge in [0.2, 0.25) is 0 Å². The van der Waals surface area contributed by atoms with Gasteiger partial charge in [-0.1, -0.05) is 12.2 Å². The third kappa shape index (κ3) is 1.87. The lowest BCUT2D eigenvalue weighted by Crippen LogP contribution is -2.61. The molecule has 0 saturated carbocycles. The molecule has 84 valence electrons. The molecule has 0 radical (unpaired) electrons. The van der Waals surface area contributed by atoms with Gasteiger partial charge in [0.15, 0.2) is 0 Å². The minimum Gasteiger partial charge on any atom is -0.444 e. The highest BCUT2D eigenvalue weighted by atomic mass is 16.6. The lowest BCUT2D eigenvalue weighted by molar-refractivity contribution is -0.0397. The average Bonchev–Trinajstić information content (AvgIpc) is 2.47. The molecule has 15 heavy (non-hydrogen) atoms. The SMILES string of the molecule is CC(C)(C)OC(=O)N1CCC12CC=CC2. The lowest BCUT2D eigenvalue weighted by atomic mass is 9.83. The van der Waals surface area contributed by atoms with Crippen LogP contribution < -0.4 is 0 Å². The molecule has 0 N–H and O–H groups in total. The maximum Gasteiger partial charge on any atom is 0.410 e. The van der Waals surface area contributed by atoms with Crippen LogP contribution in [0, 0.1) is 0 Å². The minimum absolute atomic E-state index is 0.0718. The first kappa shape index (κ1) is 10.5. The van der Waals surface area contributed by atoms with Crippen molar-refractivity contribution in [3.05, 3.63) is 12.2 Å². The molecule has 0 bridgehead atoms. The van der Waals surface area contributed by atoms with Gasteiger partial charge in [0, 0.05) is 6.54 Å². The predicted octanol–water partition coefficient (Wildman–Crippen LogP) is 2.72. The fraction of sp³-hybridized carbons (Fsp3) is 0.750. The van der Waals surface area contributed by atoms with E-state index in [0.717, 1.165) is 25.8 Å². The Morgan fingerprint density at radius 3 is 2.33 bits per heavy atom. The number of amides is 1. The molecule has 0 aromatic rings. The van der Waals surface area contributed by atoms with Gasteiger partial charge in [-0.2, -0.15) is 0 Å². The molecule has 0 aromatic heterocycles. The van der Waals surface area contributed by atoms with Crippen LogP contribution in [0.1, 0.15) is 40.0 Å². The minimum atomic E-state index is -0.389. The van der Waals surface area contributed by atoms with E-state index in [-0.39, 0.29) is 17.2 Å². The zero-order chi connectivity index (χ0) is 11.1. The fourth-order valence-electron chi connectivity index (χ4n) is 2.26. The molecule has 2 aliphatic rings. The molecule has 0 atom stereocenters. The summed E-state index contributed by atoms with van der Waals surface area (Å²) in [4.78, 5) is 13.8. The van der Waals surface area contributed by atoms with Crippen LogP contribution in [0.5, 0.6) is 0 Å². The Balaban J connectivity index is 1.97. The van der Waals surface area contributed by atoms with Gasteiger partial charge in [-0.25, -0.2) is 4.79 Å². The zero-order valence-corrected chi connectivity index (χ0v) is 9.75. The Morgan fingerprint density at radius 1 is 1.33 bits per heavy atom. The summed E-state index contributed by atoms with van der Waals surface area (Å²) in [6.45, 7) is 6.56. The molecule has 0 unspecified atom stereocenters. The van der Waals surface area contributed by atoms with Crippen molar-refractivity contribution < 1.29 is 9.53 Å². The number of hydrogen-bond donors (Lipinski definition) is 0. The van der Waals surface area contributed by atoms with Crippen LogP contribution in [0.25, 0.3) is 0 Å². The Kier molecular flexibility index (Phi) is 2.28. The molecular weight excluding hydrogens is 190 g/mol. The predicted molar refractivity (Wildman–Crippen MR) is 58.7 cm³/mol. The maximum atomic E-state index is 11.9. The van der Waals surface area contributed by atoms with Crippen LogP contribution in [0.2, 0.25) is 0 Å². The summed E-state index contributed by atoms with van der Waals surface area (Å²) >= 11 is 0. The lowest BCUT2D eigenvalue weighted by Gasteiger charge is -2.50. The van der Waals surface area contributed by atoms with Crippen LogP contribution >= 0.6 is 0 Å². The van der Waals surface area contributed by atoms with Gasteiger partial charge in [-0.15, -0.1) is 0 Å². The summed E-state index contributed by atoms with van der Waals surface area (Å²) in [5, 5.41) is 0. The molecule has 3 nitrogen and oxygen atoms in total. The second-order valence-corrected chi connectivity index (χ2v) is 5.49. The third-order valence-corrected chi connectivity index (χ3v) is 3.15. The van der Waals surface area contributed by atoms with Crippen LogP contribution in [-0.2, 0) is 4.74 Å². The summed E-state index contributed by atoms with van der Waals surface area (Å²) < 4.78 is 5.39. The highest BCUT2D eigenvalue weighted by Crippen LogP contribution is 2.41. The summed E-state index contributed by atoms with van der Waals surface area (Å²) in [5.41, 5.74) is -0.317. The standard InChI is InChI=1S/C12H19NO2/c1-11(2,3)15-10(14)13-9-8-12(13)6-4-5-7-12/h4-5H,6-9H2,1-3H3. The number of ether oxygens (including phenoxy) is 1. The van der Waals surface area contributed by atoms with E-state index in [1.807, 2.05) is 25.7 Å². The zero-order valence-electron chi connectivity index (χ0n) is 9.75. The topological polar surface area (TPSA) is 29.5 Å². The Hall–Kier alpha value is -0.990. The van der Waals surface area contributed by atoms with Crippen molar-refractivity contribution in [3.63, 3.8) is 0 Å². The van der Waals surface area contributed by atoms with E-state index >= 15 is 0 Å². The molecule has 3 heteroatoms. The fourth-order valence-corrected chi connectivity index (χ4v) is 2.26. The van der Waals surface area contributed by atoms with Gasteiger partial charge in [0.25, 0.3) is 0 Å². The molecular formula is C12H19NO2. The van der Waals surface area contributed by atoms with Crippen molar-refractivity contribution in [3.8, 4) is 0 Å². The van der Waals surface area contributed by atoms with Crippen molar-refractivity contribution >= 4 is 6.09 Å². The Bertz CT molecular complexity index is 293. The summed E-state index contributed by atoms with van der Waals surface area (Å²) in [6, 6.07) is 0. The first-order chi connectivity index (χ1) is 6.93. The van der Waals surface area contributed by atoms with Crippen LogP contribution in [0.15, 0.2) is 12.2 Å². The van der Waals surface area contributed by atoms with E-state index in [0.29, 0.717) is 0 Å². The second kappa shape index (κ2) is 3.26. The number of rotatable bonds is 0. The van der Waals surface area contributed by atoms with E-state index in [2.05, 4.69) is 12.2 Å². The van der Waals surface area contributed by atoms with Gasteiger partial charge < -0.3 is 9.64 Å². The molecule has 1 spiro atoms. The van der Waals surface area contributed by atoms with Crippen LogP contribution in [0.3, 0.4) is 0 Å². The highest BCUT2D eigenvalue weighted by molar-refractivity contribution is 5.70. The number of likely N-dealkylation sites (tertiary alicyclic amines) is 1. The molecule has 1 aliphatic heterocycles. The molecule has 1 saturated heterocycles. The largest absolute Gasteiger partial charge is 0.444 e. The van der Waals surface area contributed by atoms with Gasteiger partial charge in [-0.3, -0.25) is 0 Å². The van der Waals surface area contributed by atoms with Gasteiger partial charge in [0.05, 0.1) is 5.54 Å². The first-order valence-corrected chi connectivity index (χ1v) is 5.59. The van der Waals surface area contributed by atoms with Crippen LogP contribution in [-0.4, -0.2) is 28.7 Å². The van der Waals surface area contributed by atoms with Gasteiger partial charge >= 0.3 is 6.09 Å². The van der Waals surface area contributed by atoms with Crippen molar-refractivity contribution in [2.24, 2.45) is 0 Å². The molecule has 1 aliphatic carbocycles. The summed E-state index contributed by atoms with van der Waals surface area (Å²) in [7, 11) is 0. The summed E-state index contributed by atoms with van der Waals surface area (Å²) in [5.74, 6) is 0. The van der Waals surface area contributed by atoms with Gasteiger partial charge in [-0.05, 0) is 40.0 Å². The molecule has 0 aromatic carbocycles. The molecule has 1 fully saturated rings. The monoisotopic (exact) mass is 209 g/mol. The smallest absolute Gasteiger partial charge is 0.410 e. The van der Waals surface area contributed by atoms with Crippen LogP contribution in [0.4, 0.5) is 4.79 Å². The first-order valence-electron chi connectivity index (χ1n) is 5.59. The molecule has 1 amide bonds. The van der Waals surface area contributed by atoms with Crippen molar-refractivity contribution in [1.29, 1.82) is 0 Å². The second-order valence-electron chi connectivity index (χ2n) is 5.49. The van der Waals surface area contributed by atoms with E-state index in [1.165, 1.54) is 0 Å². The van der Waals surface area contributed by atoms with E-state index in [1.54, 1.807) is 0 Å². The number of carbonyl (C=O) groups is 1. The molecule has 2 rings (SSSR count). The quantitative estimate of drug-likeness (QED) is 0.574. The Labute approximate surface area is 91.1 Å². The highest BCUT2D eigenvalue weighted by Gasteiger charge is 2.48. The van der Waals surface area contributed by atoms with Crippen molar-refractivity contribution in [2.45, 2.75) is 51.2 Å². The normalized spacial score (nSPS) is 23.0. The summed E-state index contributed by atoms with van der Waals surface area (Å²) in [6.07, 6.45) is 7.27. The van der Waals surface area contributed by atoms with Gasteiger partial charge in [0.1, 0.15) is 5.60 Å². The number of carbonyl (C=O) groups excluding carboxylic acids is 1.